The van der Waals surface area contributed by atoms with Gasteiger partial charge in [0.1, 0.15) is 0 Å². The number of hydrogen-bond acceptors (Lipinski definition) is 2. The van der Waals surface area contributed by atoms with Crippen LogP contribution in [0.3, 0.4) is 0 Å². The first-order chi connectivity index (χ1) is 8.70. The number of benzene rings is 1. The van der Waals surface area contributed by atoms with Crippen molar-refractivity contribution in [2.45, 2.75) is 50.9 Å². The van der Waals surface area contributed by atoms with Gasteiger partial charge in [0.05, 0.1) is 6.17 Å². The number of nitrogens with zero attached hydrogens (tertiary/aromatic N) is 2. The van der Waals surface area contributed by atoms with E-state index in [1.807, 2.05) is 0 Å². The Bertz CT molecular complexity index is 411. The Morgan fingerprint density at radius 3 is 2.06 bits per heavy atom. The molecule has 0 radical (unpaired) electrons. The summed E-state index contributed by atoms with van der Waals surface area (Å²) in [5.74, 6) is 0. The van der Waals surface area contributed by atoms with E-state index in [4.69, 9.17) is 0 Å². The van der Waals surface area contributed by atoms with Crippen molar-refractivity contribution in [1.29, 1.82) is 0 Å². The van der Waals surface area contributed by atoms with E-state index in [0.717, 1.165) is 12.1 Å². The third kappa shape index (κ3) is 1.79. The largest absolute Gasteiger partial charge is 0.283 e. The van der Waals surface area contributed by atoms with Crippen LogP contribution in [0.2, 0.25) is 0 Å². The topological polar surface area (TPSA) is 6.48 Å². The van der Waals surface area contributed by atoms with Crippen molar-refractivity contribution in [3.63, 3.8) is 0 Å². The molecule has 1 aromatic carbocycles. The second-order valence-electron chi connectivity index (χ2n) is 5.98. The molecule has 1 aromatic rings. The molecule has 1 heterocycles. The fraction of sp³-hybridized carbons (Fsp3) is 0.625. The van der Waals surface area contributed by atoms with Crippen LogP contribution in [0.25, 0.3) is 0 Å². The molecule has 0 bridgehead atoms. The summed E-state index contributed by atoms with van der Waals surface area (Å²) in [6.07, 6.45) is 6.01. The molecule has 2 nitrogen and oxygen atoms in total. The second kappa shape index (κ2) is 4.67. The van der Waals surface area contributed by atoms with Gasteiger partial charge in [0, 0.05) is 12.1 Å². The highest BCUT2D eigenvalue weighted by molar-refractivity contribution is 5.30. The molecule has 0 aromatic heterocycles. The number of aryl methyl sites for hydroxylation is 1. The molecule has 0 N–H and O–H groups in total. The molecule has 1 aliphatic heterocycles. The minimum atomic E-state index is 0.472. The first kappa shape index (κ1) is 12.2. The van der Waals surface area contributed by atoms with Crippen LogP contribution in [0.4, 0.5) is 0 Å². The van der Waals surface area contributed by atoms with Crippen molar-refractivity contribution in [3.05, 3.63) is 35.4 Å². The molecule has 0 unspecified atom stereocenters. The van der Waals surface area contributed by atoms with Crippen LogP contribution >= 0.6 is 0 Å². The van der Waals surface area contributed by atoms with Gasteiger partial charge in [-0.25, -0.2) is 0 Å². The average Bonchev–Trinajstić information content (AvgIpc) is 2.64. The molecule has 2 atom stereocenters. The van der Waals surface area contributed by atoms with E-state index >= 15 is 0 Å². The summed E-state index contributed by atoms with van der Waals surface area (Å²) in [5.41, 5.74) is 2.90. The van der Waals surface area contributed by atoms with E-state index in [2.05, 4.69) is 55.1 Å². The minimum Gasteiger partial charge on any atom is -0.283 e. The van der Waals surface area contributed by atoms with Crippen molar-refractivity contribution in [1.82, 2.24) is 9.80 Å². The Hall–Kier alpha value is -0.860. The van der Waals surface area contributed by atoms with E-state index in [1.165, 1.54) is 36.8 Å². The Kier molecular flexibility index (Phi) is 3.16. The van der Waals surface area contributed by atoms with Crippen LogP contribution in [0.15, 0.2) is 24.3 Å². The predicted octanol–water partition coefficient (Wildman–Crippen LogP) is 3.18. The SMILES string of the molecule is Cc1ccccc1C1N(C)[C@@H]2CCCC[C@H]2N1C. The van der Waals surface area contributed by atoms with Crippen LogP contribution in [0.5, 0.6) is 0 Å². The third-order valence-corrected chi connectivity index (χ3v) is 4.98. The van der Waals surface area contributed by atoms with Crippen molar-refractivity contribution < 1.29 is 0 Å². The summed E-state index contributed by atoms with van der Waals surface area (Å²) in [7, 11) is 4.62. The van der Waals surface area contributed by atoms with Crippen LogP contribution < -0.4 is 0 Å². The lowest BCUT2D eigenvalue weighted by Crippen LogP contribution is -2.37. The van der Waals surface area contributed by atoms with Crippen LogP contribution in [-0.4, -0.2) is 36.0 Å². The van der Waals surface area contributed by atoms with Gasteiger partial charge in [-0.05, 0) is 45.0 Å². The number of likely N-dealkylation sites (N-methyl/N-ethyl adjacent to an activating group) is 2. The lowest BCUT2D eigenvalue weighted by molar-refractivity contribution is 0.164. The quantitative estimate of drug-likeness (QED) is 0.748. The van der Waals surface area contributed by atoms with Gasteiger partial charge in [-0.15, -0.1) is 0 Å². The molecule has 98 valence electrons. The lowest BCUT2D eigenvalue weighted by atomic mass is 9.91. The average molecular weight is 244 g/mol. The van der Waals surface area contributed by atoms with Gasteiger partial charge >= 0.3 is 0 Å². The zero-order valence-electron chi connectivity index (χ0n) is 11.8. The Morgan fingerprint density at radius 1 is 0.944 bits per heavy atom. The van der Waals surface area contributed by atoms with E-state index in [0.29, 0.717) is 6.17 Å². The number of fused-ring (bicyclic) bond motifs is 1. The highest BCUT2D eigenvalue weighted by Crippen LogP contribution is 2.41. The van der Waals surface area contributed by atoms with E-state index in [-0.39, 0.29) is 0 Å². The normalized spacial score (nSPS) is 30.6. The lowest BCUT2D eigenvalue weighted by Gasteiger charge is -2.29. The summed E-state index contributed by atoms with van der Waals surface area (Å²) in [6.45, 7) is 2.24. The molecule has 3 rings (SSSR count). The maximum Gasteiger partial charge on any atom is 0.0889 e. The Balaban J connectivity index is 1.95. The first-order valence-corrected chi connectivity index (χ1v) is 7.19. The smallest absolute Gasteiger partial charge is 0.0889 e. The molecular weight excluding hydrogens is 220 g/mol. The van der Waals surface area contributed by atoms with Gasteiger partial charge in [0.15, 0.2) is 0 Å². The Morgan fingerprint density at radius 2 is 1.50 bits per heavy atom. The summed E-state index contributed by atoms with van der Waals surface area (Å²) in [6, 6.07) is 10.4. The number of hydrogen-bond donors (Lipinski definition) is 0. The van der Waals surface area contributed by atoms with Crippen LogP contribution in [0, 0.1) is 6.92 Å². The summed E-state index contributed by atoms with van der Waals surface area (Å²) in [4.78, 5) is 5.21. The molecule has 2 aliphatic rings. The molecule has 2 heteroatoms. The highest BCUT2D eigenvalue weighted by atomic mass is 15.4. The van der Waals surface area contributed by atoms with Gasteiger partial charge < -0.3 is 0 Å². The number of rotatable bonds is 1. The van der Waals surface area contributed by atoms with Crippen LogP contribution in [0.1, 0.15) is 43.0 Å². The third-order valence-electron chi connectivity index (χ3n) is 4.98. The zero-order valence-corrected chi connectivity index (χ0v) is 11.8. The van der Waals surface area contributed by atoms with Crippen molar-refractivity contribution in [3.8, 4) is 0 Å². The second-order valence-corrected chi connectivity index (χ2v) is 5.98. The molecular formula is C16H24N2. The first-order valence-electron chi connectivity index (χ1n) is 7.19. The Labute approximate surface area is 111 Å². The molecule has 2 fully saturated rings. The van der Waals surface area contributed by atoms with E-state index < -0.39 is 0 Å². The van der Waals surface area contributed by atoms with E-state index in [1.54, 1.807) is 0 Å². The van der Waals surface area contributed by atoms with E-state index in [9.17, 15) is 0 Å². The maximum atomic E-state index is 2.60. The molecule has 0 spiro atoms. The van der Waals surface area contributed by atoms with Crippen molar-refractivity contribution in [2.24, 2.45) is 0 Å². The monoisotopic (exact) mass is 244 g/mol. The van der Waals surface area contributed by atoms with Crippen molar-refractivity contribution in [2.75, 3.05) is 14.1 Å². The van der Waals surface area contributed by atoms with Crippen molar-refractivity contribution >= 4 is 0 Å². The van der Waals surface area contributed by atoms with Gasteiger partial charge in [0.2, 0.25) is 0 Å². The molecule has 1 saturated carbocycles. The molecule has 1 aliphatic carbocycles. The minimum absolute atomic E-state index is 0.472. The van der Waals surface area contributed by atoms with Gasteiger partial charge in [-0.3, -0.25) is 9.80 Å². The van der Waals surface area contributed by atoms with Gasteiger partial charge in [-0.1, -0.05) is 37.1 Å². The van der Waals surface area contributed by atoms with Gasteiger partial charge in [0.25, 0.3) is 0 Å². The summed E-state index contributed by atoms with van der Waals surface area (Å²) < 4.78 is 0. The predicted molar refractivity (Wildman–Crippen MR) is 75.5 cm³/mol. The molecule has 1 saturated heterocycles. The standard InChI is InChI=1S/C16H24N2/c1-12-8-4-5-9-13(12)16-17(2)14-10-6-7-11-15(14)18(16)3/h4-5,8-9,14-16H,6-7,10-11H2,1-3H3/t14-,15-/m1/s1. The fourth-order valence-corrected chi connectivity index (χ4v) is 4.01. The maximum absolute atomic E-state index is 2.60. The summed E-state index contributed by atoms with van der Waals surface area (Å²) in [5, 5.41) is 0. The van der Waals surface area contributed by atoms with Crippen LogP contribution in [-0.2, 0) is 0 Å². The molecule has 0 amide bonds. The zero-order chi connectivity index (χ0) is 12.7. The molecule has 18 heavy (non-hydrogen) atoms. The highest BCUT2D eigenvalue weighted by Gasteiger charge is 2.44. The fourth-order valence-electron chi connectivity index (χ4n) is 4.01. The summed E-state index contributed by atoms with van der Waals surface area (Å²) >= 11 is 0. The van der Waals surface area contributed by atoms with Gasteiger partial charge in [-0.2, -0.15) is 0 Å².